The zero-order chi connectivity index (χ0) is 12.5. The number of ether oxygens (including phenoxy) is 1. The second-order valence-corrected chi connectivity index (χ2v) is 4.49. The molecule has 0 saturated carbocycles. The summed E-state index contributed by atoms with van der Waals surface area (Å²) in [6, 6.07) is 12.0. The van der Waals surface area contributed by atoms with Crippen LogP contribution in [0.2, 0.25) is 0 Å². The SMILES string of the molecule is COc1ccc(C(C)(C)ON)c2ccccc12. The van der Waals surface area contributed by atoms with E-state index < -0.39 is 5.60 Å². The maximum Gasteiger partial charge on any atom is 0.126 e. The molecule has 0 fully saturated rings. The van der Waals surface area contributed by atoms with Crippen LogP contribution in [0.1, 0.15) is 19.4 Å². The number of methoxy groups -OCH3 is 1. The summed E-state index contributed by atoms with van der Waals surface area (Å²) in [5, 5.41) is 2.17. The quantitative estimate of drug-likeness (QED) is 0.826. The third-order valence-electron chi connectivity index (χ3n) is 3.05. The lowest BCUT2D eigenvalue weighted by atomic mass is 9.92. The van der Waals surface area contributed by atoms with E-state index in [2.05, 4.69) is 0 Å². The summed E-state index contributed by atoms with van der Waals surface area (Å²) in [5.74, 6) is 6.23. The lowest BCUT2D eigenvalue weighted by Crippen LogP contribution is -2.25. The molecule has 0 radical (unpaired) electrons. The summed E-state index contributed by atoms with van der Waals surface area (Å²) in [6.07, 6.45) is 0. The van der Waals surface area contributed by atoms with Gasteiger partial charge in [0.25, 0.3) is 0 Å². The summed E-state index contributed by atoms with van der Waals surface area (Å²) < 4.78 is 5.36. The molecule has 2 aromatic carbocycles. The molecule has 0 aliphatic carbocycles. The van der Waals surface area contributed by atoms with Crippen molar-refractivity contribution >= 4 is 10.8 Å². The molecule has 0 saturated heterocycles. The van der Waals surface area contributed by atoms with E-state index in [0.29, 0.717) is 0 Å². The van der Waals surface area contributed by atoms with E-state index in [1.807, 2.05) is 50.2 Å². The van der Waals surface area contributed by atoms with Crippen LogP contribution in [-0.2, 0) is 10.4 Å². The molecular weight excluding hydrogens is 214 g/mol. The number of benzene rings is 2. The molecule has 0 amide bonds. The Morgan fingerprint density at radius 1 is 1.00 bits per heavy atom. The van der Waals surface area contributed by atoms with Crippen LogP contribution in [0.4, 0.5) is 0 Å². The topological polar surface area (TPSA) is 44.5 Å². The number of rotatable bonds is 3. The predicted octanol–water partition coefficient (Wildman–Crippen LogP) is 2.97. The van der Waals surface area contributed by atoms with E-state index in [0.717, 1.165) is 22.1 Å². The Kier molecular flexibility index (Phi) is 3.05. The van der Waals surface area contributed by atoms with E-state index in [9.17, 15) is 0 Å². The van der Waals surface area contributed by atoms with Gasteiger partial charge in [-0.15, -0.1) is 0 Å². The lowest BCUT2D eigenvalue weighted by Gasteiger charge is -2.24. The molecule has 0 heterocycles. The van der Waals surface area contributed by atoms with Gasteiger partial charge in [-0.25, -0.2) is 5.90 Å². The highest BCUT2D eigenvalue weighted by Crippen LogP contribution is 2.34. The maximum absolute atomic E-state index is 5.37. The summed E-state index contributed by atoms with van der Waals surface area (Å²) in [7, 11) is 1.67. The van der Waals surface area contributed by atoms with Crippen molar-refractivity contribution in [2.45, 2.75) is 19.4 Å². The van der Waals surface area contributed by atoms with Crippen LogP contribution in [0.5, 0.6) is 5.75 Å². The van der Waals surface area contributed by atoms with Gasteiger partial charge in [-0.3, -0.25) is 4.84 Å². The molecular formula is C14H17NO2. The van der Waals surface area contributed by atoms with Crippen LogP contribution >= 0.6 is 0 Å². The largest absolute Gasteiger partial charge is 0.496 e. The average molecular weight is 231 g/mol. The maximum atomic E-state index is 5.37. The second kappa shape index (κ2) is 4.35. The fourth-order valence-electron chi connectivity index (χ4n) is 2.04. The molecule has 0 spiro atoms. The van der Waals surface area contributed by atoms with Crippen molar-refractivity contribution < 1.29 is 9.57 Å². The minimum atomic E-state index is -0.522. The fourth-order valence-corrected chi connectivity index (χ4v) is 2.04. The number of fused-ring (bicyclic) bond motifs is 1. The van der Waals surface area contributed by atoms with Crippen molar-refractivity contribution in [3.05, 3.63) is 42.0 Å². The minimum absolute atomic E-state index is 0.522. The van der Waals surface area contributed by atoms with E-state index >= 15 is 0 Å². The molecule has 2 aromatic rings. The average Bonchev–Trinajstić information content (AvgIpc) is 2.37. The first-order valence-corrected chi connectivity index (χ1v) is 5.54. The van der Waals surface area contributed by atoms with E-state index in [4.69, 9.17) is 15.5 Å². The van der Waals surface area contributed by atoms with Crippen molar-refractivity contribution in [3.8, 4) is 5.75 Å². The molecule has 90 valence electrons. The standard InChI is InChI=1S/C14H17NO2/c1-14(2,17-15)12-8-9-13(16-3)11-7-5-4-6-10(11)12/h4-9H,15H2,1-3H3. The van der Waals surface area contributed by atoms with Crippen molar-refractivity contribution in [1.29, 1.82) is 0 Å². The summed E-state index contributed by atoms with van der Waals surface area (Å²) in [6.45, 7) is 3.89. The van der Waals surface area contributed by atoms with Gasteiger partial charge in [0.05, 0.1) is 7.11 Å². The highest BCUT2D eigenvalue weighted by atomic mass is 16.6. The molecule has 0 bridgehead atoms. The van der Waals surface area contributed by atoms with Crippen molar-refractivity contribution in [2.24, 2.45) is 5.90 Å². The van der Waals surface area contributed by atoms with E-state index in [-0.39, 0.29) is 0 Å². The van der Waals surface area contributed by atoms with Crippen LogP contribution in [0.15, 0.2) is 36.4 Å². The lowest BCUT2D eigenvalue weighted by molar-refractivity contribution is -0.0225. The van der Waals surface area contributed by atoms with Crippen LogP contribution in [-0.4, -0.2) is 7.11 Å². The number of nitrogens with two attached hydrogens (primary N) is 1. The Bertz CT molecular complexity index is 535. The van der Waals surface area contributed by atoms with Gasteiger partial charge in [-0.1, -0.05) is 30.3 Å². The number of hydrogen-bond acceptors (Lipinski definition) is 3. The van der Waals surface area contributed by atoms with Crippen LogP contribution in [0, 0.1) is 0 Å². The monoisotopic (exact) mass is 231 g/mol. The highest BCUT2D eigenvalue weighted by Gasteiger charge is 2.23. The molecule has 17 heavy (non-hydrogen) atoms. The third kappa shape index (κ3) is 1.99. The first-order chi connectivity index (χ1) is 8.10. The van der Waals surface area contributed by atoms with E-state index in [1.54, 1.807) is 7.11 Å². The predicted molar refractivity (Wildman–Crippen MR) is 68.8 cm³/mol. The first-order valence-electron chi connectivity index (χ1n) is 5.54. The van der Waals surface area contributed by atoms with Gasteiger partial charge in [-0.05, 0) is 30.9 Å². The minimum Gasteiger partial charge on any atom is -0.496 e. The molecule has 2 N–H and O–H groups in total. The molecule has 0 unspecified atom stereocenters. The molecule has 2 rings (SSSR count). The molecule has 0 aromatic heterocycles. The van der Waals surface area contributed by atoms with Gasteiger partial charge in [0.1, 0.15) is 11.4 Å². The van der Waals surface area contributed by atoms with Crippen molar-refractivity contribution in [2.75, 3.05) is 7.11 Å². The van der Waals surface area contributed by atoms with Gasteiger partial charge in [0.2, 0.25) is 0 Å². The fraction of sp³-hybridized carbons (Fsp3) is 0.286. The molecule has 3 nitrogen and oxygen atoms in total. The van der Waals surface area contributed by atoms with Gasteiger partial charge in [-0.2, -0.15) is 0 Å². The first kappa shape index (κ1) is 11.9. The van der Waals surface area contributed by atoms with E-state index in [1.165, 1.54) is 0 Å². The Balaban J connectivity index is 2.75. The smallest absolute Gasteiger partial charge is 0.126 e. The Hall–Kier alpha value is -1.58. The highest BCUT2D eigenvalue weighted by molar-refractivity contribution is 5.91. The molecule has 0 aliphatic heterocycles. The summed E-state index contributed by atoms with van der Waals surface area (Å²) in [4.78, 5) is 5.06. The van der Waals surface area contributed by atoms with Gasteiger partial charge in [0, 0.05) is 5.39 Å². The molecule has 0 atom stereocenters. The van der Waals surface area contributed by atoms with Crippen molar-refractivity contribution in [1.82, 2.24) is 0 Å². The van der Waals surface area contributed by atoms with Crippen LogP contribution in [0.25, 0.3) is 10.8 Å². The third-order valence-corrected chi connectivity index (χ3v) is 3.05. The van der Waals surface area contributed by atoms with Crippen LogP contribution in [0.3, 0.4) is 0 Å². The van der Waals surface area contributed by atoms with Gasteiger partial charge < -0.3 is 4.74 Å². The Morgan fingerprint density at radius 2 is 1.65 bits per heavy atom. The normalized spacial score (nSPS) is 11.8. The Labute approximate surface area is 101 Å². The summed E-state index contributed by atoms with van der Waals surface area (Å²) in [5.41, 5.74) is 0.530. The molecule has 0 aliphatic rings. The zero-order valence-corrected chi connectivity index (χ0v) is 10.4. The van der Waals surface area contributed by atoms with Gasteiger partial charge >= 0.3 is 0 Å². The zero-order valence-electron chi connectivity index (χ0n) is 10.4. The second-order valence-electron chi connectivity index (χ2n) is 4.49. The van der Waals surface area contributed by atoms with Crippen LogP contribution < -0.4 is 10.6 Å². The van der Waals surface area contributed by atoms with Crippen molar-refractivity contribution in [3.63, 3.8) is 0 Å². The summed E-state index contributed by atoms with van der Waals surface area (Å²) >= 11 is 0. The number of hydrogen-bond donors (Lipinski definition) is 1. The van der Waals surface area contributed by atoms with Gasteiger partial charge in [0.15, 0.2) is 0 Å². The Morgan fingerprint density at radius 3 is 2.24 bits per heavy atom. The molecule has 3 heteroatoms.